The molecular formula is C7H4FNO2. The zero-order chi connectivity index (χ0) is 7.84. The van der Waals surface area contributed by atoms with E-state index in [0.717, 1.165) is 6.07 Å². The zero-order valence-electron chi connectivity index (χ0n) is 5.50. The van der Waals surface area contributed by atoms with Crippen molar-refractivity contribution in [3.63, 3.8) is 0 Å². The summed E-state index contributed by atoms with van der Waals surface area (Å²) in [5.41, 5.74) is 0.363. The lowest BCUT2D eigenvalue weighted by Gasteiger charge is -1.91. The quantitative estimate of drug-likeness (QED) is 0.519. The third-order valence-electron chi connectivity index (χ3n) is 1.52. The fourth-order valence-corrected chi connectivity index (χ4v) is 1.01. The minimum Gasteiger partial charge on any atom is -0.455 e. The second-order valence-corrected chi connectivity index (χ2v) is 2.19. The molecule has 0 radical (unpaired) electrons. The first-order valence-electron chi connectivity index (χ1n) is 3.09. The largest absolute Gasteiger partial charge is 0.455 e. The molecule has 11 heavy (non-hydrogen) atoms. The molecule has 0 bridgehead atoms. The van der Waals surface area contributed by atoms with Gasteiger partial charge in [-0.2, -0.15) is 0 Å². The first kappa shape index (κ1) is 6.27. The number of aromatic nitrogens is 1. The molecule has 0 aliphatic carbocycles. The van der Waals surface area contributed by atoms with Crippen molar-refractivity contribution in [3.8, 4) is 0 Å². The van der Waals surface area contributed by atoms with Crippen LogP contribution in [0.5, 0.6) is 0 Å². The van der Waals surface area contributed by atoms with Crippen molar-refractivity contribution < 1.29 is 13.9 Å². The highest BCUT2D eigenvalue weighted by molar-refractivity contribution is 5.92. The number of hydrogen-bond acceptors (Lipinski definition) is 3. The average Bonchev–Trinajstić information content (AvgIpc) is 2.34. The van der Waals surface area contributed by atoms with E-state index in [-0.39, 0.29) is 12.2 Å². The van der Waals surface area contributed by atoms with Crippen LogP contribution in [0.3, 0.4) is 0 Å². The van der Waals surface area contributed by atoms with E-state index < -0.39 is 11.8 Å². The monoisotopic (exact) mass is 153 g/mol. The van der Waals surface area contributed by atoms with Crippen LogP contribution in [0.2, 0.25) is 0 Å². The molecule has 2 heterocycles. The summed E-state index contributed by atoms with van der Waals surface area (Å²) in [4.78, 5) is 14.6. The summed E-state index contributed by atoms with van der Waals surface area (Å²) >= 11 is 0. The Hall–Kier alpha value is -1.45. The highest BCUT2D eigenvalue weighted by Gasteiger charge is 2.25. The van der Waals surface area contributed by atoms with Gasteiger partial charge in [0.2, 0.25) is 0 Å². The third-order valence-corrected chi connectivity index (χ3v) is 1.52. The number of ether oxygens (including phenoxy) is 1. The molecule has 0 saturated carbocycles. The number of fused-ring (bicyclic) bond motifs is 1. The number of nitrogens with zero attached hydrogens (tertiary/aromatic N) is 1. The van der Waals surface area contributed by atoms with E-state index in [2.05, 4.69) is 9.72 Å². The Labute approximate surface area is 61.8 Å². The fourth-order valence-electron chi connectivity index (χ4n) is 1.01. The van der Waals surface area contributed by atoms with Crippen LogP contribution in [0.15, 0.2) is 12.3 Å². The number of hydrogen-bond donors (Lipinski definition) is 0. The Morgan fingerprint density at radius 1 is 1.64 bits per heavy atom. The summed E-state index contributed by atoms with van der Waals surface area (Å²) in [5.74, 6) is -1.18. The highest BCUT2D eigenvalue weighted by atomic mass is 19.1. The summed E-state index contributed by atoms with van der Waals surface area (Å²) in [6.07, 6.45) is 1.32. The van der Waals surface area contributed by atoms with Crippen LogP contribution in [0, 0.1) is 5.82 Å². The Bertz CT molecular complexity index is 324. The van der Waals surface area contributed by atoms with E-state index in [1.54, 1.807) is 0 Å². The van der Waals surface area contributed by atoms with E-state index in [1.807, 2.05) is 0 Å². The van der Waals surface area contributed by atoms with Crippen molar-refractivity contribution in [3.05, 3.63) is 29.3 Å². The number of halogens is 1. The minimum atomic E-state index is -0.620. The van der Waals surface area contributed by atoms with Crippen LogP contribution in [0.1, 0.15) is 16.1 Å². The SMILES string of the molecule is O=C1OCc2nccc(F)c21. The van der Waals surface area contributed by atoms with Gasteiger partial charge >= 0.3 is 5.97 Å². The molecule has 2 rings (SSSR count). The maximum atomic E-state index is 12.8. The molecule has 1 aromatic heterocycles. The summed E-state index contributed by atoms with van der Waals surface area (Å²) in [7, 11) is 0. The van der Waals surface area contributed by atoms with Gasteiger partial charge in [-0.05, 0) is 6.07 Å². The molecule has 4 heteroatoms. The Morgan fingerprint density at radius 3 is 3.18 bits per heavy atom. The molecule has 1 aromatic rings. The van der Waals surface area contributed by atoms with Crippen molar-refractivity contribution >= 4 is 5.97 Å². The van der Waals surface area contributed by atoms with E-state index in [0.29, 0.717) is 5.69 Å². The molecule has 1 aliphatic heterocycles. The van der Waals surface area contributed by atoms with Crippen LogP contribution < -0.4 is 0 Å². The highest BCUT2D eigenvalue weighted by Crippen LogP contribution is 2.19. The smallest absolute Gasteiger partial charge is 0.343 e. The van der Waals surface area contributed by atoms with Crippen molar-refractivity contribution in [2.24, 2.45) is 0 Å². The number of rotatable bonds is 0. The van der Waals surface area contributed by atoms with Crippen molar-refractivity contribution in [2.75, 3.05) is 0 Å². The van der Waals surface area contributed by atoms with Gasteiger partial charge in [0.25, 0.3) is 0 Å². The van der Waals surface area contributed by atoms with Crippen molar-refractivity contribution in [1.29, 1.82) is 0 Å². The van der Waals surface area contributed by atoms with Gasteiger partial charge in [0.1, 0.15) is 18.0 Å². The molecule has 0 atom stereocenters. The van der Waals surface area contributed by atoms with Gasteiger partial charge in [-0.15, -0.1) is 0 Å². The predicted molar refractivity (Wildman–Crippen MR) is 33.3 cm³/mol. The number of pyridine rings is 1. The topological polar surface area (TPSA) is 39.2 Å². The lowest BCUT2D eigenvalue weighted by Crippen LogP contribution is -1.98. The Balaban J connectivity index is 2.68. The van der Waals surface area contributed by atoms with Gasteiger partial charge in [-0.1, -0.05) is 0 Å². The van der Waals surface area contributed by atoms with Gasteiger partial charge in [-0.3, -0.25) is 4.98 Å². The van der Waals surface area contributed by atoms with Crippen molar-refractivity contribution in [2.45, 2.75) is 6.61 Å². The molecule has 3 nitrogen and oxygen atoms in total. The maximum Gasteiger partial charge on any atom is 0.343 e. The molecule has 1 aliphatic rings. The Kier molecular flexibility index (Phi) is 1.15. The molecule has 0 fully saturated rings. The standard InChI is InChI=1S/C7H4FNO2/c8-4-1-2-9-5-3-11-7(10)6(4)5/h1-2H,3H2. The van der Waals surface area contributed by atoms with Gasteiger partial charge in [0.05, 0.1) is 5.69 Å². The lowest BCUT2D eigenvalue weighted by atomic mass is 10.2. The summed E-state index contributed by atoms with van der Waals surface area (Å²) in [5, 5.41) is 0. The van der Waals surface area contributed by atoms with E-state index in [4.69, 9.17) is 0 Å². The molecular weight excluding hydrogens is 149 g/mol. The number of carbonyl (C=O) groups is 1. The van der Waals surface area contributed by atoms with Crippen LogP contribution in [-0.2, 0) is 11.3 Å². The fraction of sp³-hybridized carbons (Fsp3) is 0.143. The second kappa shape index (κ2) is 2.02. The molecule has 0 amide bonds. The van der Waals surface area contributed by atoms with Crippen LogP contribution in [-0.4, -0.2) is 11.0 Å². The van der Waals surface area contributed by atoms with Crippen LogP contribution >= 0.6 is 0 Å². The zero-order valence-corrected chi connectivity index (χ0v) is 5.50. The normalized spacial score (nSPS) is 14.5. The maximum absolute atomic E-state index is 12.8. The molecule has 0 aromatic carbocycles. The Morgan fingerprint density at radius 2 is 2.45 bits per heavy atom. The molecule has 0 unspecified atom stereocenters. The predicted octanol–water partition coefficient (Wildman–Crippen LogP) is 0.891. The molecule has 0 N–H and O–H groups in total. The van der Waals surface area contributed by atoms with Gasteiger partial charge in [-0.25, -0.2) is 9.18 Å². The summed E-state index contributed by atoms with van der Waals surface area (Å²) < 4.78 is 17.4. The van der Waals surface area contributed by atoms with Crippen molar-refractivity contribution in [1.82, 2.24) is 4.98 Å². The van der Waals surface area contributed by atoms with E-state index in [1.165, 1.54) is 6.20 Å². The first-order valence-corrected chi connectivity index (χ1v) is 3.09. The number of carbonyl (C=O) groups excluding carboxylic acids is 1. The van der Waals surface area contributed by atoms with Gasteiger partial charge in [0.15, 0.2) is 0 Å². The average molecular weight is 153 g/mol. The van der Waals surface area contributed by atoms with Crippen LogP contribution in [0.4, 0.5) is 4.39 Å². The van der Waals surface area contributed by atoms with E-state index >= 15 is 0 Å². The molecule has 0 spiro atoms. The molecule has 0 saturated heterocycles. The molecule has 56 valence electrons. The van der Waals surface area contributed by atoms with Crippen LogP contribution in [0.25, 0.3) is 0 Å². The summed E-state index contributed by atoms with van der Waals surface area (Å²) in [6, 6.07) is 1.14. The first-order chi connectivity index (χ1) is 5.29. The number of cyclic esters (lactones) is 1. The van der Waals surface area contributed by atoms with Gasteiger partial charge in [0, 0.05) is 6.20 Å². The third kappa shape index (κ3) is 0.790. The van der Waals surface area contributed by atoms with E-state index in [9.17, 15) is 9.18 Å². The number of esters is 1. The minimum absolute atomic E-state index is 0.0208. The van der Waals surface area contributed by atoms with Gasteiger partial charge < -0.3 is 4.74 Å². The lowest BCUT2D eigenvalue weighted by molar-refractivity contribution is 0.0530. The summed E-state index contributed by atoms with van der Waals surface area (Å²) in [6.45, 7) is 0.0892. The second-order valence-electron chi connectivity index (χ2n) is 2.19.